The molecule has 3 rings (SSSR count). The Morgan fingerprint density at radius 1 is 1.38 bits per heavy atom. The van der Waals surface area contributed by atoms with Gasteiger partial charge in [0.15, 0.2) is 11.5 Å². The van der Waals surface area contributed by atoms with Gasteiger partial charge in [-0.25, -0.2) is 4.79 Å². The number of pyridine rings is 1. The highest BCUT2D eigenvalue weighted by Crippen LogP contribution is 2.36. The molecule has 0 bridgehead atoms. The summed E-state index contributed by atoms with van der Waals surface area (Å²) in [6.07, 6.45) is 2.34. The number of carbonyl (C=O) groups is 1. The summed E-state index contributed by atoms with van der Waals surface area (Å²) in [6, 6.07) is 8.30. The molecule has 0 saturated carbocycles. The molecule has 9 heteroatoms. The SMILES string of the molecule is C[C@H](C[C@]1(C(=O)O)COc2ccccc2O1)NC[C@H](O)COc1cncc(Cl)c1. The van der Waals surface area contributed by atoms with Crippen LogP contribution in [-0.2, 0) is 4.79 Å². The van der Waals surface area contributed by atoms with Crippen molar-refractivity contribution in [3.63, 3.8) is 0 Å². The molecule has 1 aliphatic rings. The van der Waals surface area contributed by atoms with Crippen LogP contribution in [0.5, 0.6) is 17.2 Å². The molecule has 29 heavy (non-hydrogen) atoms. The van der Waals surface area contributed by atoms with E-state index in [9.17, 15) is 15.0 Å². The van der Waals surface area contributed by atoms with Crippen LogP contribution in [0.2, 0.25) is 5.02 Å². The minimum atomic E-state index is -1.51. The normalized spacial score (nSPS) is 20.0. The van der Waals surface area contributed by atoms with E-state index in [1.165, 1.54) is 12.4 Å². The van der Waals surface area contributed by atoms with Crippen molar-refractivity contribution in [1.29, 1.82) is 0 Å². The molecular formula is C20H23ClN2O6. The van der Waals surface area contributed by atoms with Crippen LogP contribution in [-0.4, -0.2) is 58.7 Å². The average Bonchev–Trinajstić information content (AvgIpc) is 2.70. The summed E-state index contributed by atoms with van der Waals surface area (Å²) in [4.78, 5) is 15.8. The molecule has 0 unspecified atom stereocenters. The number of benzene rings is 1. The van der Waals surface area contributed by atoms with Crippen molar-refractivity contribution >= 4 is 17.6 Å². The highest BCUT2D eigenvalue weighted by Gasteiger charge is 2.46. The molecule has 1 aromatic carbocycles. The summed E-state index contributed by atoms with van der Waals surface area (Å²) in [6.45, 7) is 1.98. The van der Waals surface area contributed by atoms with Crippen molar-refractivity contribution in [3.8, 4) is 17.2 Å². The molecule has 1 aromatic heterocycles. The van der Waals surface area contributed by atoms with E-state index in [2.05, 4.69) is 10.3 Å². The lowest BCUT2D eigenvalue weighted by Gasteiger charge is -2.36. The molecule has 0 spiro atoms. The Morgan fingerprint density at radius 3 is 2.86 bits per heavy atom. The number of fused-ring (bicyclic) bond motifs is 1. The maximum absolute atomic E-state index is 11.9. The van der Waals surface area contributed by atoms with Gasteiger partial charge in [0.05, 0.1) is 11.2 Å². The van der Waals surface area contributed by atoms with Gasteiger partial charge in [0.2, 0.25) is 5.60 Å². The van der Waals surface area contributed by atoms with Crippen LogP contribution in [0.1, 0.15) is 13.3 Å². The van der Waals surface area contributed by atoms with E-state index >= 15 is 0 Å². The predicted octanol–water partition coefficient (Wildman–Crippen LogP) is 2.14. The molecular weight excluding hydrogens is 400 g/mol. The number of carboxylic acids is 1. The van der Waals surface area contributed by atoms with Crippen LogP contribution in [0.4, 0.5) is 0 Å². The lowest BCUT2D eigenvalue weighted by Crippen LogP contribution is -2.55. The zero-order chi connectivity index (χ0) is 20.9. The molecule has 8 nitrogen and oxygen atoms in total. The van der Waals surface area contributed by atoms with Gasteiger partial charge < -0.3 is 29.7 Å². The standard InChI is InChI=1S/C20H23ClN2O6/c1-13(23-9-15(24)11-27-16-6-14(21)8-22-10-16)7-20(19(25)26)12-28-17-4-2-3-5-18(17)29-20/h2-6,8,10,13,15,23-24H,7,9,11-12H2,1H3,(H,25,26)/t13-,15+,20-/m1/s1. The summed E-state index contributed by atoms with van der Waals surface area (Å²) in [7, 11) is 0. The second kappa shape index (κ2) is 9.30. The van der Waals surface area contributed by atoms with E-state index in [-0.39, 0.29) is 32.2 Å². The Hall–Kier alpha value is -2.55. The Labute approximate surface area is 173 Å². The number of nitrogens with one attached hydrogen (secondary N) is 1. The lowest BCUT2D eigenvalue weighted by atomic mass is 9.94. The van der Waals surface area contributed by atoms with Crippen molar-refractivity contribution in [3.05, 3.63) is 47.7 Å². The van der Waals surface area contributed by atoms with E-state index in [4.69, 9.17) is 25.8 Å². The number of hydrogen-bond donors (Lipinski definition) is 3. The van der Waals surface area contributed by atoms with Crippen LogP contribution < -0.4 is 19.5 Å². The Balaban J connectivity index is 1.51. The molecule has 1 aliphatic heterocycles. The van der Waals surface area contributed by atoms with Gasteiger partial charge in [-0.05, 0) is 19.1 Å². The van der Waals surface area contributed by atoms with E-state index in [1.54, 1.807) is 30.3 Å². The van der Waals surface area contributed by atoms with Crippen LogP contribution in [0.25, 0.3) is 0 Å². The van der Waals surface area contributed by atoms with Crippen molar-refractivity contribution in [2.24, 2.45) is 0 Å². The fourth-order valence-electron chi connectivity index (χ4n) is 3.01. The Kier molecular flexibility index (Phi) is 6.79. The smallest absolute Gasteiger partial charge is 0.351 e. The third-order valence-electron chi connectivity index (χ3n) is 4.47. The van der Waals surface area contributed by atoms with E-state index in [0.29, 0.717) is 22.3 Å². The largest absolute Gasteiger partial charge is 0.489 e. The number of halogens is 1. The fourth-order valence-corrected chi connectivity index (χ4v) is 3.17. The van der Waals surface area contributed by atoms with Gasteiger partial charge in [-0.1, -0.05) is 23.7 Å². The van der Waals surface area contributed by atoms with Crippen LogP contribution in [0.15, 0.2) is 42.7 Å². The maximum Gasteiger partial charge on any atom is 0.351 e. The molecule has 156 valence electrons. The fraction of sp³-hybridized carbons (Fsp3) is 0.400. The molecule has 0 saturated heterocycles. The molecule has 2 heterocycles. The number of carboxylic acid groups (broad SMARTS) is 1. The number of nitrogens with zero attached hydrogens (tertiary/aromatic N) is 1. The second-order valence-corrected chi connectivity index (χ2v) is 7.39. The molecule has 0 amide bonds. The number of ether oxygens (including phenoxy) is 3. The summed E-state index contributed by atoms with van der Waals surface area (Å²) >= 11 is 5.84. The number of aliphatic hydroxyl groups excluding tert-OH is 1. The van der Waals surface area contributed by atoms with Gasteiger partial charge in [-0.3, -0.25) is 4.98 Å². The number of aromatic nitrogens is 1. The number of para-hydroxylation sites is 2. The van der Waals surface area contributed by atoms with Gasteiger partial charge >= 0.3 is 5.97 Å². The van der Waals surface area contributed by atoms with Crippen molar-refractivity contribution in [1.82, 2.24) is 10.3 Å². The summed E-state index contributed by atoms with van der Waals surface area (Å²) in [5.41, 5.74) is -1.51. The molecule has 0 fully saturated rings. The number of aliphatic carboxylic acids is 1. The Morgan fingerprint density at radius 2 is 2.14 bits per heavy atom. The number of hydrogen-bond acceptors (Lipinski definition) is 7. The minimum Gasteiger partial charge on any atom is -0.489 e. The van der Waals surface area contributed by atoms with Gasteiger partial charge in [-0.2, -0.15) is 0 Å². The minimum absolute atomic E-state index is 0.0405. The zero-order valence-electron chi connectivity index (χ0n) is 15.9. The first-order chi connectivity index (χ1) is 13.9. The van der Waals surface area contributed by atoms with Crippen LogP contribution >= 0.6 is 11.6 Å². The molecule has 0 aliphatic carbocycles. The first kappa shape index (κ1) is 21.2. The second-order valence-electron chi connectivity index (χ2n) is 6.95. The summed E-state index contributed by atoms with van der Waals surface area (Å²) < 4.78 is 16.9. The first-order valence-corrected chi connectivity index (χ1v) is 9.55. The van der Waals surface area contributed by atoms with Crippen molar-refractivity contribution in [2.75, 3.05) is 19.8 Å². The molecule has 3 atom stereocenters. The predicted molar refractivity (Wildman–Crippen MR) is 106 cm³/mol. The lowest BCUT2D eigenvalue weighted by molar-refractivity contribution is -0.162. The van der Waals surface area contributed by atoms with Gasteiger partial charge in [0, 0.05) is 31.3 Å². The monoisotopic (exact) mass is 422 g/mol. The quantitative estimate of drug-likeness (QED) is 0.563. The van der Waals surface area contributed by atoms with E-state index in [0.717, 1.165) is 0 Å². The Bertz CT molecular complexity index is 851. The number of rotatable bonds is 9. The van der Waals surface area contributed by atoms with Crippen molar-refractivity contribution < 1.29 is 29.2 Å². The van der Waals surface area contributed by atoms with Gasteiger partial charge in [0.25, 0.3) is 0 Å². The summed E-state index contributed by atoms with van der Waals surface area (Å²) in [5.74, 6) is 0.281. The van der Waals surface area contributed by atoms with E-state index < -0.39 is 17.7 Å². The van der Waals surface area contributed by atoms with Crippen LogP contribution in [0.3, 0.4) is 0 Å². The van der Waals surface area contributed by atoms with E-state index in [1.807, 2.05) is 6.92 Å². The highest BCUT2D eigenvalue weighted by atomic mass is 35.5. The van der Waals surface area contributed by atoms with Crippen molar-refractivity contribution in [2.45, 2.75) is 31.1 Å². The maximum atomic E-state index is 11.9. The topological polar surface area (TPSA) is 110 Å². The van der Waals surface area contributed by atoms with Gasteiger partial charge in [0.1, 0.15) is 25.1 Å². The number of aliphatic hydroxyl groups is 1. The average molecular weight is 423 g/mol. The third kappa shape index (κ3) is 5.50. The summed E-state index contributed by atoms with van der Waals surface area (Å²) in [5, 5.41) is 23.4. The molecule has 0 radical (unpaired) electrons. The highest BCUT2D eigenvalue weighted by molar-refractivity contribution is 6.30. The molecule has 2 aromatic rings. The van der Waals surface area contributed by atoms with Crippen LogP contribution in [0, 0.1) is 0 Å². The molecule has 3 N–H and O–H groups in total. The first-order valence-electron chi connectivity index (χ1n) is 9.17. The third-order valence-corrected chi connectivity index (χ3v) is 4.67. The van der Waals surface area contributed by atoms with Gasteiger partial charge in [-0.15, -0.1) is 0 Å². The zero-order valence-corrected chi connectivity index (χ0v) is 16.6.